The molecule has 2 heterocycles. The Bertz CT molecular complexity index is 732. The number of rotatable bonds is 4. The highest BCUT2D eigenvalue weighted by molar-refractivity contribution is 6.33. The highest BCUT2D eigenvalue weighted by atomic mass is 35.5. The quantitative estimate of drug-likeness (QED) is 0.852. The minimum absolute atomic E-state index is 0.411. The number of carbonyl (C=O) groups is 1. The van der Waals surface area contributed by atoms with E-state index in [2.05, 4.69) is 20.2 Å². The number of carbonyl (C=O) groups excluding carboxylic acids is 1. The summed E-state index contributed by atoms with van der Waals surface area (Å²) in [4.78, 5) is 22.5. The Hall–Kier alpha value is -2.34. The molecular weight excluding hydrogens is 328 g/mol. The molecule has 0 saturated carbocycles. The standard InChI is InChI=1S/C17H19ClN4O2/c1-24-17(23)12-5-6-13(18)14(9-12)21-15-10-16(20-11-19-15)22-7-3-2-4-8-22/h5-6,9-11H,2-4,7-8H2,1H3,(H,19,20,21). The Kier molecular flexibility index (Phi) is 5.15. The van der Waals surface area contributed by atoms with Gasteiger partial charge in [0, 0.05) is 19.2 Å². The van der Waals surface area contributed by atoms with E-state index < -0.39 is 5.97 Å². The van der Waals surface area contributed by atoms with Crippen LogP contribution in [0.3, 0.4) is 0 Å². The zero-order valence-corrected chi connectivity index (χ0v) is 14.2. The fourth-order valence-corrected chi connectivity index (χ4v) is 2.88. The van der Waals surface area contributed by atoms with Crippen molar-refractivity contribution in [3.05, 3.63) is 41.2 Å². The van der Waals surface area contributed by atoms with E-state index >= 15 is 0 Å². The van der Waals surface area contributed by atoms with Crippen molar-refractivity contribution >= 4 is 34.9 Å². The molecule has 0 amide bonds. The van der Waals surface area contributed by atoms with E-state index in [0.29, 0.717) is 22.1 Å². The van der Waals surface area contributed by atoms with Crippen molar-refractivity contribution in [3.63, 3.8) is 0 Å². The SMILES string of the molecule is COC(=O)c1ccc(Cl)c(Nc2cc(N3CCCCC3)ncn2)c1. The van der Waals surface area contributed by atoms with Gasteiger partial charge in [-0.15, -0.1) is 0 Å². The molecule has 7 heteroatoms. The first-order valence-electron chi connectivity index (χ1n) is 7.89. The second kappa shape index (κ2) is 7.49. The first-order valence-corrected chi connectivity index (χ1v) is 8.27. The van der Waals surface area contributed by atoms with Crippen molar-refractivity contribution in [2.45, 2.75) is 19.3 Å². The Labute approximate surface area is 145 Å². The van der Waals surface area contributed by atoms with E-state index in [1.165, 1.54) is 32.7 Å². The van der Waals surface area contributed by atoms with Crippen LogP contribution in [0.5, 0.6) is 0 Å². The maximum Gasteiger partial charge on any atom is 0.337 e. The summed E-state index contributed by atoms with van der Waals surface area (Å²) in [6.07, 6.45) is 5.16. The van der Waals surface area contributed by atoms with Gasteiger partial charge in [0.2, 0.25) is 0 Å². The summed E-state index contributed by atoms with van der Waals surface area (Å²) < 4.78 is 4.74. The first-order chi connectivity index (χ1) is 11.7. The average molecular weight is 347 g/mol. The van der Waals surface area contributed by atoms with Gasteiger partial charge in [-0.3, -0.25) is 0 Å². The molecule has 2 aromatic rings. The Morgan fingerprint density at radius 2 is 2.00 bits per heavy atom. The fourth-order valence-electron chi connectivity index (χ4n) is 2.72. The van der Waals surface area contributed by atoms with E-state index in [1.807, 2.05) is 6.07 Å². The van der Waals surface area contributed by atoms with Gasteiger partial charge < -0.3 is 15.0 Å². The summed E-state index contributed by atoms with van der Waals surface area (Å²) in [5.41, 5.74) is 1.03. The van der Waals surface area contributed by atoms with Crippen LogP contribution in [0.2, 0.25) is 5.02 Å². The van der Waals surface area contributed by atoms with Crippen LogP contribution in [0.1, 0.15) is 29.6 Å². The molecule has 0 unspecified atom stereocenters. The van der Waals surface area contributed by atoms with Crippen molar-refractivity contribution in [2.75, 3.05) is 30.4 Å². The van der Waals surface area contributed by atoms with E-state index in [-0.39, 0.29) is 0 Å². The van der Waals surface area contributed by atoms with E-state index in [4.69, 9.17) is 16.3 Å². The number of esters is 1. The third kappa shape index (κ3) is 3.76. The molecule has 1 fully saturated rings. The van der Waals surface area contributed by atoms with Crippen molar-refractivity contribution in [1.29, 1.82) is 0 Å². The summed E-state index contributed by atoms with van der Waals surface area (Å²) in [5.74, 6) is 1.12. The third-order valence-corrected chi connectivity index (χ3v) is 4.31. The molecule has 126 valence electrons. The number of piperidine rings is 1. The molecule has 24 heavy (non-hydrogen) atoms. The first kappa shape index (κ1) is 16.5. The number of hydrogen-bond donors (Lipinski definition) is 1. The fraction of sp³-hybridized carbons (Fsp3) is 0.353. The molecule has 1 saturated heterocycles. The van der Waals surface area contributed by atoms with E-state index in [1.54, 1.807) is 18.2 Å². The van der Waals surface area contributed by atoms with Gasteiger partial charge in [0.1, 0.15) is 18.0 Å². The van der Waals surface area contributed by atoms with Gasteiger partial charge in [0.25, 0.3) is 0 Å². The molecule has 1 aromatic heterocycles. The number of halogens is 1. The lowest BCUT2D eigenvalue weighted by Gasteiger charge is -2.27. The molecule has 0 atom stereocenters. The van der Waals surface area contributed by atoms with Crippen molar-refractivity contribution in [3.8, 4) is 0 Å². The number of ether oxygens (including phenoxy) is 1. The van der Waals surface area contributed by atoms with Crippen molar-refractivity contribution < 1.29 is 9.53 Å². The van der Waals surface area contributed by atoms with Crippen LogP contribution in [0.4, 0.5) is 17.3 Å². The van der Waals surface area contributed by atoms with Crippen LogP contribution in [0.15, 0.2) is 30.6 Å². The molecule has 1 N–H and O–H groups in total. The topological polar surface area (TPSA) is 67.3 Å². The lowest BCUT2D eigenvalue weighted by atomic mass is 10.1. The van der Waals surface area contributed by atoms with Gasteiger partial charge >= 0.3 is 5.97 Å². The lowest BCUT2D eigenvalue weighted by Crippen LogP contribution is -2.30. The van der Waals surface area contributed by atoms with Crippen molar-refractivity contribution in [1.82, 2.24) is 9.97 Å². The number of anilines is 3. The second-order valence-corrected chi connectivity index (χ2v) is 6.03. The van der Waals surface area contributed by atoms with Crippen LogP contribution in [-0.2, 0) is 4.74 Å². The number of hydrogen-bond acceptors (Lipinski definition) is 6. The molecular formula is C17H19ClN4O2. The third-order valence-electron chi connectivity index (χ3n) is 3.98. The largest absolute Gasteiger partial charge is 0.465 e. The van der Waals surface area contributed by atoms with Crippen LogP contribution in [0.25, 0.3) is 0 Å². The maximum atomic E-state index is 11.7. The van der Waals surface area contributed by atoms with Gasteiger partial charge in [-0.25, -0.2) is 14.8 Å². The van der Waals surface area contributed by atoms with Gasteiger partial charge in [-0.2, -0.15) is 0 Å². The number of benzene rings is 1. The predicted molar refractivity (Wildman–Crippen MR) is 94.2 cm³/mol. The molecule has 0 radical (unpaired) electrons. The maximum absolute atomic E-state index is 11.7. The summed E-state index contributed by atoms with van der Waals surface area (Å²) in [6.45, 7) is 2.02. The summed E-state index contributed by atoms with van der Waals surface area (Å²) in [7, 11) is 1.35. The van der Waals surface area contributed by atoms with Gasteiger partial charge in [0.15, 0.2) is 0 Å². The molecule has 1 aromatic carbocycles. The van der Waals surface area contributed by atoms with Gasteiger partial charge in [0.05, 0.1) is 23.4 Å². The monoisotopic (exact) mass is 346 g/mol. The molecule has 1 aliphatic rings. The second-order valence-electron chi connectivity index (χ2n) is 5.62. The number of aromatic nitrogens is 2. The Morgan fingerprint density at radius 3 is 2.75 bits per heavy atom. The number of nitrogens with zero attached hydrogens (tertiary/aromatic N) is 3. The summed E-state index contributed by atoms with van der Waals surface area (Å²) in [5, 5.41) is 3.65. The molecule has 3 rings (SSSR count). The lowest BCUT2D eigenvalue weighted by molar-refractivity contribution is 0.0601. The summed E-state index contributed by atoms with van der Waals surface area (Å²) >= 11 is 6.21. The molecule has 0 bridgehead atoms. The molecule has 6 nitrogen and oxygen atoms in total. The van der Waals surface area contributed by atoms with Crippen molar-refractivity contribution in [2.24, 2.45) is 0 Å². The predicted octanol–water partition coefficient (Wildman–Crippen LogP) is 3.65. The highest BCUT2D eigenvalue weighted by Gasteiger charge is 2.14. The Balaban J connectivity index is 1.82. The zero-order chi connectivity index (χ0) is 16.9. The van der Waals surface area contributed by atoms with Gasteiger partial charge in [-0.05, 0) is 37.5 Å². The van der Waals surface area contributed by atoms with Crippen LogP contribution >= 0.6 is 11.6 Å². The summed E-state index contributed by atoms with van der Waals surface area (Å²) in [6, 6.07) is 6.82. The van der Waals surface area contributed by atoms with E-state index in [0.717, 1.165) is 18.9 Å². The number of nitrogens with one attached hydrogen (secondary N) is 1. The van der Waals surface area contributed by atoms with E-state index in [9.17, 15) is 4.79 Å². The smallest absolute Gasteiger partial charge is 0.337 e. The van der Waals surface area contributed by atoms with Gasteiger partial charge in [-0.1, -0.05) is 11.6 Å². The minimum atomic E-state index is -0.411. The molecule has 0 spiro atoms. The molecule has 1 aliphatic heterocycles. The average Bonchev–Trinajstić information content (AvgIpc) is 2.64. The minimum Gasteiger partial charge on any atom is -0.465 e. The van der Waals surface area contributed by atoms with Crippen LogP contribution in [-0.4, -0.2) is 36.1 Å². The Morgan fingerprint density at radius 1 is 1.21 bits per heavy atom. The molecule has 0 aliphatic carbocycles. The highest BCUT2D eigenvalue weighted by Crippen LogP contribution is 2.27. The van der Waals surface area contributed by atoms with Crippen LogP contribution < -0.4 is 10.2 Å². The number of methoxy groups -OCH3 is 1. The van der Waals surface area contributed by atoms with Crippen LogP contribution in [0, 0.1) is 0 Å². The zero-order valence-electron chi connectivity index (χ0n) is 13.5. The normalized spacial score (nSPS) is 14.3.